The number of hydrogen-bond acceptors (Lipinski definition) is 5. The Labute approximate surface area is 181 Å². The maximum atomic E-state index is 12.3. The molecule has 0 saturated carbocycles. The van der Waals surface area contributed by atoms with Gasteiger partial charge in [0.05, 0.1) is 6.42 Å². The minimum atomic E-state index is -0.110. The highest BCUT2D eigenvalue weighted by Crippen LogP contribution is 2.23. The summed E-state index contributed by atoms with van der Waals surface area (Å²) in [5, 5.41) is 6.75. The zero-order valence-electron chi connectivity index (χ0n) is 16.9. The lowest BCUT2D eigenvalue weighted by molar-refractivity contribution is -0.115. The van der Waals surface area contributed by atoms with Crippen LogP contribution < -0.4 is 15.5 Å². The fourth-order valence-electron chi connectivity index (χ4n) is 3.50. The fourth-order valence-corrected chi connectivity index (χ4v) is 3.70. The Hall–Kier alpha value is -3.12. The van der Waals surface area contributed by atoms with Crippen LogP contribution >= 0.6 is 11.6 Å². The van der Waals surface area contributed by atoms with E-state index in [9.17, 15) is 4.79 Å². The average molecular weight is 422 g/mol. The van der Waals surface area contributed by atoms with Gasteiger partial charge in [-0.15, -0.1) is 0 Å². The number of rotatable bonds is 6. The minimum Gasteiger partial charge on any atom is -0.356 e. The summed E-state index contributed by atoms with van der Waals surface area (Å²) in [6, 6.07) is 16.9. The van der Waals surface area contributed by atoms with E-state index in [1.54, 1.807) is 6.07 Å². The Kier molecular flexibility index (Phi) is 6.14. The maximum absolute atomic E-state index is 12.3. The van der Waals surface area contributed by atoms with Crippen molar-refractivity contribution in [1.82, 2.24) is 9.97 Å². The molecule has 0 unspecified atom stereocenters. The van der Waals surface area contributed by atoms with Crippen LogP contribution in [0.4, 0.5) is 23.1 Å². The third-order valence-corrected chi connectivity index (χ3v) is 5.37. The third-order valence-electron chi connectivity index (χ3n) is 5.00. The Morgan fingerprint density at radius 1 is 1.03 bits per heavy atom. The molecular weight excluding hydrogens is 398 g/mol. The van der Waals surface area contributed by atoms with E-state index in [0.29, 0.717) is 11.0 Å². The molecule has 7 heteroatoms. The number of hydrogen-bond donors (Lipinski definition) is 2. The molecule has 0 bridgehead atoms. The lowest BCUT2D eigenvalue weighted by Gasteiger charge is -2.17. The Bertz CT molecular complexity index is 1030. The summed E-state index contributed by atoms with van der Waals surface area (Å²) in [5.41, 5.74) is 3.32. The Morgan fingerprint density at radius 3 is 2.47 bits per heavy atom. The minimum absolute atomic E-state index is 0.110. The monoisotopic (exact) mass is 421 g/mol. The Balaban J connectivity index is 1.39. The number of nitrogens with one attached hydrogen (secondary N) is 2. The van der Waals surface area contributed by atoms with Gasteiger partial charge in [-0.1, -0.05) is 29.8 Å². The molecule has 1 amide bonds. The molecule has 3 aromatic rings. The van der Waals surface area contributed by atoms with Crippen LogP contribution in [0.2, 0.25) is 5.02 Å². The van der Waals surface area contributed by atoms with Crippen molar-refractivity contribution in [2.75, 3.05) is 28.6 Å². The van der Waals surface area contributed by atoms with Gasteiger partial charge in [0, 0.05) is 41.2 Å². The van der Waals surface area contributed by atoms with Gasteiger partial charge in [0.2, 0.25) is 11.9 Å². The van der Waals surface area contributed by atoms with E-state index in [1.807, 2.05) is 55.5 Å². The highest BCUT2D eigenvalue weighted by Gasteiger charge is 2.15. The first-order valence-electron chi connectivity index (χ1n) is 10.1. The van der Waals surface area contributed by atoms with Gasteiger partial charge in [-0.2, -0.15) is 4.98 Å². The number of carbonyl (C=O) groups is 1. The summed E-state index contributed by atoms with van der Waals surface area (Å²) in [7, 11) is 0. The standard InChI is InChI=1S/C23H24ClN5O/c1-16-14-21(29-12-4-5-13-29)28-23(25-16)27-19-10-8-18(9-11-19)26-22(30)15-17-6-2-3-7-20(17)24/h2-3,6-11,14H,4-5,12-13,15H2,1H3,(H,26,30)(H,25,27,28). The van der Waals surface area contributed by atoms with Crippen molar-refractivity contribution in [2.45, 2.75) is 26.2 Å². The highest BCUT2D eigenvalue weighted by atomic mass is 35.5. The summed E-state index contributed by atoms with van der Waals surface area (Å²) in [4.78, 5) is 23.7. The van der Waals surface area contributed by atoms with Crippen molar-refractivity contribution < 1.29 is 4.79 Å². The van der Waals surface area contributed by atoms with Gasteiger partial charge in [-0.05, 0) is 55.7 Å². The first-order chi connectivity index (χ1) is 14.6. The predicted molar refractivity (Wildman–Crippen MR) is 122 cm³/mol. The lowest BCUT2D eigenvalue weighted by atomic mass is 10.1. The van der Waals surface area contributed by atoms with Crippen LogP contribution in [0, 0.1) is 6.92 Å². The van der Waals surface area contributed by atoms with Gasteiger partial charge in [0.1, 0.15) is 5.82 Å². The topological polar surface area (TPSA) is 70.2 Å². The van der Waals surface area contributed by atoms with E-state index in [2.05, 4.69) is 25.5 Å². The molecule has 30 heavy (non-hydrogen) atoms. The van der Waals surface area contributed by atoms with Crippen molar-refractivity contribution in [3.05, 3.63) is 70.9 Å². The van der Waals surface area contributed by atoms with Crippen LogP contribution in [0.15, 0.2) is 54.6 Å². The summed E-state index contributed by atoms with van der Waals surface area (Å²) >= 11 is 6.13. The molecule has 0 spiro atoms. The number of carbonyl (C=O) groups excluding carboxylic acids is 1. The fraction of sp³-hybridized carbons (Fsp3) is 0.261. The second-order valence-corrected chi connectivity index (χ2v) is 7.81. The number of anilines is 4. The lowest BCUT2D eigenvalue weighted by Crippen LogP contribution is -2.19. The molecule has 1 aromatic heterocycles. The number of benzene rings is 2. The van der Waals surface area contributed by atoms with Crippen LogP contribution in [-0.4, -0.2) is 29.0 Å². The molecule has 0 radical (unpaired) electrons. The molecule has 1 aliphatic heterocycles. The first kappa shape index (κ1) is 20.2. The van der Waals surface area contributed by atoms with E-state index >= 15 is 0 Å². The van der Waals surface area contributed by atoms with Crippen LogP contribution in [-0.2, 0) is 11.2 Å². The van der Waals surface area contributed by atoms with E-state index in [0.717, 1.165) is 41.5 Å². The molecule has 0 atom stereocenters. The molecule has 1 aliphatic rings. The molecule has 1 saturated heterocycles. The summed E-state index contributed by atoms with van der Waals surface area (Å²) in [6.45, 7) is 4.06. The largest absolute Gasteiger partial charge is 0.356 e. The van der Waals surface area contributed by atoms with Gasteiger partial charge in [-0.3, -0.25) is 4.79 Å². The number of nitrogens with zero attached hydrogens (tertiary/aromatic N) is 3. The van der Waals surface area contributed by atoms with Crippen molar-refractivity contribution in [3.63, 3.8) is 0 Å². The number of halogens is 1. The van der Waals surface area contributed by atoms with Crippen molar-refractivity contribution in [1.29, 1.82) is 0 Å². The van der Waals surface area contributed by atoms with Crippen LogP contribution in [0.3, 0.4) is 0 Å². The molecule has 2 aromatic carbocycles. The van der Waals surface area contributed by atoms with Crippen LogP contribution in [0.25, 0.3) is 0 Å². The summed E-state index contributed by atoms with van der Waals surface area (Å²) in [6.07, 6.45) is 2.64. The zero-order valence-corrected chi connectivity index (χ0v) is 17.6. The Morgan fingerprint density at radius 2 is 1.73 bits per heavy atom. The molecule has 6 nitrogen and oxygen atoms in total. The molecule has 1 fully saturated rings. The highest BCUT2D eigenvalue weighted by molar-refractivity contribution is 6.31. The average Bonchev–Trinajstić information content (AvgIpc) is 3.26. The van der Waals surface area contributed by atoms with E-state index in [-0.39, 0.29) is 12.3 Å². The summed E-state index contributed by atoms with van der Waals surface area (Å²) < 4.78 is 0. The van der Waals surface area contributed by atoms with Gasteiger partial charge in [-0.25, -0.2) is 4.98 Å². The van der Waals surface area contributed by atoms with E-state index in [1.165, 1.54) is 12.8 Å². The number of aromatic nitrogens is 2. The maximum Gasteiger partial charge on any atom is 0.229 e. The zero-order chi connectivity index (χ0) is 20.9. The van der Waals surface area contributed by atoms with E-state index < -0.39 is 0 Å². The number of aryl methyl sites for hydroxylation is 1. The molecule has 2 N–H and O–H groups in total. The van der Waals surface area contributed by atoms with Crippen molar-refractivity contribution in [2.24, 2.45) is 0 Å². The molecule has 0 aliphatic carbocycles. The normalized spacial score (nSPS) is 13.3. The molecular formula is C23H24ClN5O. The smallest absolute Gasteiger partial charge is 0.229 e. The predicted octanol–water partition coefficient (Wildman–Crippen LogP) is 4.96. The van der Waals surface area contributed by atoms with Gasteiger partial charge in [0.15, 0.2) is 0 Å². The van der Waals surface area contributed by atoms with Crippen molar-refractivity contribution >= 4 is 40.6 Å². The van der Waals surface area contributed by atoms with Gasteiger partial charge in [0.25, 0.3) is 0 Å². The molecule has 2 heterocycles. The number of amides is 1. The van der Waals surface area contributed by atoms with Gasteiger partial charge < -0.3 is 15.5 Å². The molecule has 154 valence electrons. The van der Waals surface area contributed by atoms with Crippen molar-refractivity contribution in [3.8, 4) is 0 Å². The van der Waals surface area contributed by atoms with Crippen LogP contribution in [0.5, 0.6) is 0 Å². The second-order valence-electron chi connectivity index (χ2n) is 7.40. The first-order valence-corrected chi connectivity index (χ1v) is 10.5. The summed E-state index contributed by atoms with van der Waals surface area (Å²) in [5.74, 6) is 1.43. The third kappa shape index (κ3) is 5.07. The SMILES string of the molecule is Cc1cc(N2CCCC2)nc(Nc2ccc(NC(=O)Cc3ccccc3Cl)cc2)n1. The van der Waals surface area contributed by atoms with Crippen LogP contribution in [0.1, 0.15) is 24.1 Å². The van der Waals surface area contributed by atoms with E-state index in [4.69, 9.17) is 11.6 Å². The quantitative estimate of drug-likeness (QED) is 0.588. The van der Waals surface area contributed by atoms with Gasteiger partial charge >= 0.3 is 0 Å². The molecule has 4 rings (SSSR count). The second kappa shape index (κ2) is 9.13.